The minimum atomic E-state index is -2.77. The first-order chi connectivity index (χ1) is 7.29. The van der Waals surface area contributed by atoms with Gasteiger partial charge in [0.25, 0.3) is 0 Å². The predicted octanol–water partition coefficient (Wildman–Crippen LogP) is 0.746. The summed E-state index contributed by atoms with van der Waals surface area (Å²) in [4.78, 5) is 0. The Morgan fingerprint density at radius 2 is 1.60 bits per heavy atom. The third kappa shape index (κ3) is 2.86. The molecule has 0 radical (unpaired) electrons. The van der Waals surface area contributed by atoms with Crippen LogP contribution in [-0.2, 0) is 18.0 Å². The highest BCUT2D eigenvalue weighted by molar-refractivity contribution is 6.75. The van der Waals surface area contributed by atoms with Crippen molar-refractivity contribution < 1.29 is 18.0 Å². The van der Waals surface area contributed by atoms with Crippen LogP contribution >= 0.6 is 0 Å². The summed E-state index contributed by atoms with van der Waals surface area (Å²) in [5, 5.41) is 0.923. The van der Waals surface area contributed by atoms with Gasteiger partial charge in [0.1, 0.15) is 6.79 Å². The van der Waals surface area contributed by atoms with Gasteiger partial charge in [0.2, 0.25) is 0 Å². The first-order valence-corrected chi connectivity index (χ1v) is 6.30. The third-order valence-electron chi connectivity index (χ3n) is 2.03. The highest BCUT2D eigenvalue weighted by Crippen LogP contribution is 2.07. The number of hydrogen-bond acceptors (Lipinski definition) is 4. The van der Waals surface area contributed by atoms with Crippen LogP contribution in [0.25, 0.3) is 0 Å². The summed E-state index contributed by atoms with van der Waals surface area (Å²) in [6, 6.07) is 9.63. The van der Waals surface area contributed by atoms with Gasteiger partial charge >= 0.3 is 8.80 Å². The number of methoxy groups -OCH3 is 1. The smallest absolute Gasteiger partial charge is 0.373 e. The van der Waals surface area contributed by atoms with Gasteiger partial charge in [0.05, 0.1) is 0 Å². The van der Waals surface area contributed by atoms with Gasteiger partial charge in [-0.25, -0.2) is 0 Å². The molecule has 1 rings (SSSR count). The lowest BCUT2D eigenvalue weighted by atomic mass is 10.4. The van der Waals surface area contributed by atoms with Crippen molar-refractivity contribution >= 4 is 14.0 Å². The van der Waals surface area contributed by atoms with Crippen molar-refractivity contribution in [1.29, 1.82) is 0 Å². The van der Waals surface area contributed by atoms with Crippen molar-refractivity contribution in [2.45, 2.75) is 0 Å². The summed E-state index contributed by atoms with van der Waals surface area (Å²) in [7, 11) is 1.96. The summed E-state index contributed by atoms with van der Waals surface area (Å²) in [6.07, 6.45) is 0. The Bertz CT molecular complexity index is 274. The van der Waals surface area contributed by atoms with Gasteiger partial charge in [-0.2, -0.15) is 0 Å². The molecule has 0 aliphatic rings. The molecule has 0 bridgehead atoms. The summed E-state index contributed by atoms with van der Waals surface area (Å²) in [5.41, 5.74) is 0. The monoisotopic (exact) mass is 228 g/mol. The van der Waals surface area contributed by atoms with Crippen LogP contribution in [0.5, 0.6) is 0 Å². The number of ether oxygens (including phenoxy) is 1. The maximum atomic E-state index is 5.54. The Kier molecular flexibility index (Phi) is 4.93. The van der Waals surface area contributed by atoms with Crippen molar-refractivity contribution in [3.63, 3.8) is 0 Å². The molecule has 0 heterocycles. The molecule has 0 aliphatic carbocycles. The molecule has 0 saturated carbocycles. The molecule has 0 amide bonds. The van der Waals surface area contributed by atoms with Gasteiger partial charge in [-0.05, 0) is 0 Å². The van der Waals surface area contributed by atoms with Crippen LogP contribution in [0, 0.1) is 0 Å². The third-order valence-corrected chi connectivity index (χ3v) is 4.64. The van der Waals surface area contributed by atoms with E-state index in [9.17, 15) is 0 Å². The molecular weight excluding hydrogens is 212 g/mol. The molecular formula is C10H16O4Si. The molecule has 15 heavy (non-hydrogen) atoms. The molecule has 1 aromatic rings. The van der Waals surface area contributed by atoms with Crippen molar-refractivity contribution in [2.24, 2.45) is 0 Å². The largest absolute Gasteiger partial charge is 0.538 e. The lowest BCUT2D eigenvalue weighted by molar-refractivity contribution is -0.00353. The van der Waals surface area contributed by atoms with E-state index in [1.165, 1.54) is 0 Å². The van der Waals surface area contributed by atoms with Gasteiger partial charge < -0.3 is 18.0 Å². The minimum Gasteiger partial charge on any atom is -0.373 e. The first-order valence-electron chi connectivity index (χ1n) is 4.58. The fourth-order valence-electron chi connectivity index (χ4n) is 1.30. The summed E-state index contributed by atoms with van der Waals surface area (Å²) >= 11 is 0. The molecule has 0 unspecified atom stereocenters. The van der Waals surface area contributed by atoms with E-state index in [1.54, 1.807) is 21.3 Å². The zero-order valence-electron chi connectivity index (χ0n) is 9.23. The average molecular weight is 228 g/mol. The Morgan fingerprint density at radius 3 is 2.07 bits per heavy atom. The molecule has 4 nitrogen and oxygen atoms in total. The second kappa shape index (κ2) is 5.99. The summed E-state index contributed by atoms with van der Waals surface area (Å²) in [6.45, 7) is 0.156. The maximum Gasteiger partial charge on any atom is 0.538 e. The Balaban J connectivity index is 2.89. The van der Waals surface area contributed by atoms with Crippen molar-refractivity contribution in [3.8, 4) is 0 Å². The molecule has 5 heteroatoms. The Labute approximate surface area is 91.1 Å². The predicted molar refractivity (Wildman–Crippen MR) is 58.8 cm³/mol. The Hall–Kier alpha value is -0.723. The number of rotatable bonds is 6. The van der Waals surface area contributed by atoms with Gasteiger partial charge in [-0.1, -0.05) is 30.3 Å². The van der Waals surface area contributed by atoms with Crippen LogP contribution in [-0.4, -0.2) is 36.9 Å². The lowest BCUT2D eigenvalue weighted by Crippen LogP contribution is -2.55. The van der Waals surface area contributed by atoms with Crippen molar-refractivity contribution in [2.75, 3.05) is 28.1 Å². The zero-order chi connectivity index (χ0) is 11.1. The molecule has 0 N–H and O–H groups in total. The van der Waals surface area contributed by atoms with Gasteiger partial charge in [-0.15, -0.1) is 0 Å². The highest BCUT2D eigenvalue weighted by atomic mass is 28.4. The standard InChI is InChI=1S/C10H16O4Si/c1-11-9-14-15(12-2,13-3)10-7-5-4-6-8-10/h4-8H,9H2,1-3H3. The molecule has 0 saturated heterocycles. The Morgan fingerprint density at radius 1 is 1.00 bits per heavy atom. The normalized spacial score (nSPS) is 11.7. The van der Waals surface area contributed by atoms with E-state index in [0.717, 1.165) is 5.19 Å². The maximum absolute atomic E-state index is 5.54. The van der Waals surface area contributed by atoms with E-state index >= 15 is 0 Å². The molecule has 1 aromatic carbocycles. The molecule has 0 fully saturated rings. The van der Waals surface area contributed by atoms with E-state index in [1.807, 2.05) is 30.3 Å². The number of hydrogen-bond donors (Lipinski definition) is 0. The van der Waals surface area contributed by atoms with E-state index < -0.39 is 8.80 Å². The minimum absolute atomic E-state index is 0.156. The van der Waals surface area contributed by atoms with Crippen LogP contribution in [0.3, 0.4) is 0 Å². The van der Waals surface area contributed by atoms with Crippen LogP contribution in [0.15, 0.2) is 30.3 Å². The summed E-state index contributed by atoms with van der Waals surface area (Å²) < 4.78 is 21.2. The van der Waals surface area contributed by atoms with Crippen molar-refractivity contribution in [1.82, 2.24) is 0 Å². The second-order valence-electron chi connectivity index (χ2n) is 2.88. The average Bonchev–Trinajstić information content (AvgIpc) is 2.33. The highest BCUT2D eigenvalue weighted by Gasteiger charge is 2.41. The van der Waals surface area contributed by atoms with Gasteiger partial charge in [0, 0.05) is 26.5 Å². The molecule has 0 atom stereocenters. The number of benzene rings is 1. The van der Waals surface area contributed by atoms with Gasteiger partial charge in [0.15, 0.2) is 0 Å². The van der Waals surface area contributed by atoms with Crippen LogP contribution in [0.2, 0.25) is 0 Å². The lowest BCUT2D eigenvalue weighted by Gasteiger charge is -2.25. The molecule has 0 aliphatic heterocycles. The molecule has 0 spiro atoms. The van der Waals surface area contributed by atoms with Crippen LogP contribution in [0.4, 0.5) is 0 Å². The fourth-order valence-corrected chi connectivity index (χ4v) is 3.21. The molecule has 84 valence electrons. The van der Waals surface area contributed by atoms with Crippen molar-refractivity contribution in [3.05, 3.63) is 30.3 Å². The second-order valence-corrected chi connectivity index (χ2v) is 5.68. The molecule has 0 aromatic heterocycles. The van der Waals surface area contributed by atoms with Gasteiger partial charge in [-0.3, -0.25) is 0 Å². The van der Waals surface area contributed by atoms with Crippen LogP contribution < -0.4 is 5.19 Å². The van der Waals surface area contributed by atoms with E-state index in [4.69, 9.17) is 18.0 Å². The fraction of sp³-hybridized carbons (Fsp3) is 0.400. The van der Waals surface area contributed by atoms with Crippen LogP contribution in [0.1, 0.15) is 0 Å². The zero-order valence-corrected chi connectivity index (χ0v) is 10.2. The topological polar surface area (TPSA) is 36.9 Å². The van der Waals surface area contributed by atoms with E-state index in [-0.39, 0.29) is 6.79 Å². The summed E-state index contributed by atoms with van der Waals surface area (Å²) in [5.74, 6) is 0. The SMILES string of the molecule is COCO[Si](OC)(OC)c1ccccc1. The quantitative estimate of drug-likeness (QED) is 0.532. The van der Waals surface area contributed by atoms with E-state index in [2.05, 4.69) is 0 Å². The first kappa shape index (κ1) is 12.3. The van der Waals surface area contributed by atoms with E-state index in [0.29, 0.717) is 0 Å².